The van der Waals surface area contributed by atoms with Crippen molar-refractivity contribution in [3.63, 3.8) is 0 Å². The number of halogens is 1. The number of aryl methyl sites for hydroxylation is 1. The van der Waals surface area contributed by atoms with Crippen LogP contribution in [0.15, 0.2) is 36.4 Å². The number of aliphatic hydroxyl groups is 1. The van der Waals surface area contributed by atoms with Crippen LogP contribution in [0.25, 0.3) is 0 Å². The number of hydrogen-bond acceptors (Lipinski definition) is 3. The SMILES string of the molecule is CCc1cc(Oc2cccc(OC)c2[C@H](C)O)ccc1Cl. The van der Waals surface area contributed by atoms with Crippen molar-refractivity contribution in [2.24, 2.45) is 0 Å². The van der Waals surface area contributed by atoms with Gasteiger partial charge in [-0.25, -0.2) is 0 Å². The number of rotatable bonds is 5. The van der Waals surface area contributed by atoms with Gasteiger partial charge in [0.15, 0.2) is 0 Å². The van der Waals surface area contributed by atoms with Gasteiger partial charge in [0.25, 0.3) is 0 Å². The van der Waals surface area contributed by atoms with Gasteiger partial charge in [-0.1, -0.05) is 24.6 Å². The van der Waals surface area contributed by atoms with E-state index < -0.39 is 6.10 Å². The average molecular weight is 307 g/mol. The summed E-state index contributed by atoms with van der Waals surface area (Å²) in [6, 6.07) is 11.0. The van der Waals surface area contributed by atoms with Crippen LogP contribution in [0.1, 0.15) is 31.1 Å². The molecule has 0 saturated carbocycles. The molecule has 0 aliphatic rings. The molecule has 0 aliphatic carbocycles. The fourth-order valence-corrected chi connectivity index (χ4v) is 2.47. The van der Waals surface area contributed by atoms with E-state index in [1.807, 2.05) is 37.3 Å². The maximum atomic E-state index is 9.96. The van der Waals surface area contributed by atoms with Crippen molar-refractivity contribution >= 4 is 11.6 Å². The second-order valence-corrected chi connectivity index (χ2v) is 5.16. The topological polar surface area (TPSA) is 38.7 Å². The monoisotopic (exact) mass is 306 g/mol. The highest BCUT2D eigenvalue weighted by molar-refractivity contribution is 6.31. The summed E-state index contributed by atoms with van der Waals surface area (Å²) in [6.45, 7) is 3.72. The third-order valence-corrected chi connectivity index (χ3v) is 3.66. The van der Waals surface area contributed by atoms with E-state index in [0.29, 0.717) is 22.8 Å². The van der Waals surface area contributed by atoms with Crippen LogP contribution in [-0.4, -0.2) is 12.2 Å². The molecular formula is C17H19ClO3. The minimum absolute atomic E-state index is 0.578. The van der Waals surface area contributed by atoms with Crippen molar-refractivity contribution in [1.82, 2.24) is 0 Å². The maximum absolute atomic E-state index is 9.96. The highest BCUT2D eigenvalue weighted by Crippen LogP contribution is 2.37. The van der Waals surface area contributed by atoms with E-state index in [9.17, 15) is 5.11 Å². The average Bonchev–Trinajstić information content (AvgIpc) is 2.48. The van der Waals surface area contributed by atoms with E-state index in [1.165, 1.54) is 0 Å². The molecule has 1 N–H and O–H groups in total. The van der Waals surface area contributed by atoms with Crippen molar-refractivity contribution in [1.29, 1.82) is 0 Å². The van der Waals surface area contributed by atoms with Gasteiger partial charge < -0.3 is 14.6 Å². The fraction of sp³-hybridized carbons (Fsp3) is 0.294. The van der Waals surface area contributed by atoms with E-state index in [0.717, 1.165) is 17.0 Å². The Kier molecular flexibility index (Phi) is 5.10. The van der Waals surface area contributed by atoms with Crippen LogP contribution in [0.4, 0.5) is 0 Å². The van der Waals surface area contributed by atoms with Gasteiger partial charge in [-0.3, -0.25) is 0 Å². The third-order valence-electron chi connectivity index (χ3n) is 3.29. The van der Waals surface area contributed by atoms with E-state index in [2.05, 4.69) is 0 Å². The van der Waals surface area contributed by atoms with Crippen LogP contribution in [0.3, 0.4) is 0 Å². The van der Waals surface area contributed by atoms with Gasteiger partial charge in [0, 0.05) is 5.02 Å². The van der Waals surface area contributed by atoms with Gasteiger partial charge in [0.1, 0.15) is 17.2 Å². The number of benzene rings is 2. The number of methoxy groups -OCH3 is 1. The van der Waals surface area contributed by atoms with E-state index >= 15 is 0 Å². The van der Waals surface area contributed by atoms with Crippen molar-refractivity contribution in [2.45, 2.75) is 26.4 Å². The van der Waals surface area contributed by atoms with Crippen LogP contribution in [0.5, 0.6) is 17.2 Å². The largest absolute Gasteiger partial charge is 0.496 e. The molecule has 0 heterocycles. The predicted octanol–water partition coefficient (Wildman–Crippen LogP) is 4.76. The molecule has 0 aromatic heterocycles. The summed E-state index contributed by atoms with van der Waals surface area (Å²) >= 11 is 6.11. The van der Waals surface area contributed by atoms with Gasteiger partial charge in [-0.05, 0) is 49.2 Å². The van der Waals surface area contributed by atoms with E-state index in [4.69, 9.17) is 21.1 Å². The molecule has 2 aromatic rings. The molecule has 0 radical (unpaired) electrons. The highest BCUT2D eigenvalue weighted by Gasteiger charge is 2.16. The zero-order valence-electron chi connectivity index (χ0n) is 12.4. The van der Waals surface area contributed by atoms with Crippen LogP contribution in [0, 0.1) is 0 Å². The molecule has 2 aromatic carbocycles. The molecular weight excluding hydrogens is 288 g/mol. The van der Waals surface area contributed by atoms with Crippen LogP contribution >= 0.6 is 11.6 Å². The molecule has 0 amide bonds. The maximum Gasteiger partial charge on any atom is 0.136 e. The Hall–Kier alpha value is -1.71. The summed E-state index contributed by atoms with van der Waals surface area (Å²) in [5.74, 6) is 1.87. The Morgan fingerprint density at radius 3 is 2.52 bits per heavy atom. The molecule has 0 unspecified atom stereocenters. The summed E-state index contributed by atoms with van der Waals surface area (Å²) in [7, 11) is 1.57. The summed E-state index contributed by atoms with van der Waals surface area (Å²) < 4.78 is 11.2. The van der Waals surface area contributed by atoms with Crippen LogP contribution in [0.2, 0.25) is 5.02 Å². The molecule has 0 fully saturated rings. The van der Waals surface area contributed by atoms with Gasteiger partial charge in [0.05, 0.1) is 18.8 Å². The summed E-state index contributed by atoms with van der Waals surface area (Å²) in [6.07, 6.45) is 0.145. The molecule has 21 heavy (non-hydrogen) atoms. The van der Waals surface area contributed by atoms with E-state index in [1.54, 1.807) is 20.1 Å². The lowest BCUT2D eigenvalue weighted by molar-refractivity contribution is 0.190. The normalized spacial score (nSPS) is 12.0. The van der Waals surface area contributed by atoms with E-state index in [-0.39, 0.29) is 0 Å². The lowest BCUT2D eigenvalue weighted by Crippen LogP contribution is -2.00. The Morgan fingerprint density at radius 2 is 1.90 bits per heavy atom. The van der Waals surface area contributed by atoms with Crippen LogP contribution < -0.4 is 9.47 Å². The minimum atomic E-state index is -0.686. The third kappa shape index (κ3) is 3.49. The highest BCUT2D eigenvalue weighted by atomic mass is 35.5. The van der Waals surface area contributed by atoms with Crippen LogP contribution in [-0.2, 0) is 6.42 Å². The van der Waals surface area contributed by atoms with Gasteiger partial charge in [-0.15, -0.1) is 0 Å². The summed E-state index contributed by atoms with van der Waals surface area (Å²) in [5.41, 5.74) is 1.66. The molecule has 1 atom stereocenters. The molecule has 112 valence electrons. The standard InChI is InChI=1S/C17H19ClO3/c1-4-12-10-13(8-9-14(12)18)21-16-7-5-6-15(20-3)17(16)11(2)19/h5-11,19H,4H2,1-3H3/t11-/m0/s1. The number of ether oxygens (including phenoxy) is 2. The second-order valence-electron chi connectivity index (χ2n) is 4.76. The molecule has 4 heteroatoms. The Labute approximate surface area is 130 Å². The molecule has 0 aliphatic heterocycles. The van der Waals surface area contributed by atoms with Gasteiger partial charge in [0.2, 0.25) is 0 Å². The molecule has 0 spiro atoms. The lowest BCUT2D eigenvalue weighted by Gasteiger charge is -2.17. The minimum Gasteiger partial charge on any atom is -0.496 e. The summed E-state index contributed by atoms with van der Waals surface area (Å²) in [5, 5.41) is 10.7. The van der Waals surface area contributed by atoms with Crippen molar-refractivity contribution in [2.75, 3.05) is 7.11 Å². The number of hydrogen-bond donors (Lipinski definition) is 1. The first-order chi connectivity index (χ1) is 10.1. The van der Waals surface area contributed by atoms with Gasteiger partial charge in [-0.2, -0.15) is 0 Å². The smallest absolute Gasteiger partial charge is 0.136 e. The zero-order valence-corrected chi connectivity index (χ0v) is 13.1. The second kappa shape index (κ2) is 6.83. The first-order valence-corrected chi connectivity index (χ1v) is 7.25. The summed E-state index contributed by atoms with van der Waals surface area (Å²) in [4.78, 5) is 0. The van der Waals surface area contributed by atoms with Gasteiger partial charge >= 0.3 is 0 Å². The lowest BCUT2D eigenvalue weighted by atomic mass is 10.1. The quantitative estimate of drug-likeness (QED) is 0.866. The van der Waals surface area contributed by atoms with Crippen molar-refractivity contribution < 1.29 is 14.6 Å². The molecule has 3 nitrogen and oxygen atoms in total. The van der Waals surface area contributed by atoms with Crippen molar-refractivity contribution in [3.05, 3.63) is 52.5 Å². The Bertz CT molecular complexity index is 623. The Morgan fingerprint density at radius 1 is 1.19 bits per heavy atom. The molecule has 0 saturated heterocycles. The first kappa shape index (κ1) is 15.7. The van der Waals surface area contributed by atoms with Crippen molar-refractivity contribution in [3.8, 4) is 17.2 Å². The predicted molar refractivity (Wildman–Crippen MR) is 84.5 cm³/mol. The molecule has 0 bridgehead atoms. The fourth-order valence-electron chi connectivity index (χ4n) is 2.22. The first-order valence-electron chi connectivity index (χ1n) is 6.88. The number of aliphatic hydroxyl groups excluding tert-OH is 1. The molecule has 2 rings (SSSR count). The zero-order chi connectivity index (χ0) is 15.4. The Balaban J connectivity index is 2.39.